The normalized spacial score (nSPS) is 13.5. The summed E-state index contributed by atoms with van der Waals surface area (Å²) >= 11 is 0. The predicted molar refractivity (Wildman–Crippen MR) is 197 cm³/mol. The van der Waals surface area contributed by atoms with Crippen molar-refractivity contribution in [1.29, 1.82) is 0 Å². The molecule has 1 aliphatic rings. The average Bonchev–Trinajstić information content (AvgIpc) is 3.74. The third-order valence-corrected chi connectivity index (χ3v) is 13.3. The summed E-state index contributed by atoms with van der Waals surface area (Å²) < 4.78 is 8.99. The van der Waals surface area contributed by atoms with Crippen molar-refractivity contribution in [2.24, 2.45) is 0 Å². The Hall–Kier alpha value is -5.78. The number of fused-ring (bicyclic) bond motifs is 10. The fourth-order valence-corrected chi connectivity index (χ4v) is 10.7. The zero-order chi connectivity index (χ0) is 31.3. The summed E-state index contributed by atoms with van der Waals surface area (Å²) in [5, 5.41) is 7.17. The van der Waals surface area contributed by atoms with Crippen LogP contribution in [0.1, 0.15) is 0 Å². The number of nitrogens with zero attached hydrogens (tertiary/aromatic N) is 3. The first-order valence-electron chi connectivity index (χ1n) is 16.1. The van der Waals surface area contributed by atoms with Gasteiger partial charge in [-0.15, -0.1) is 0 Å². The highest BCUT2D eigenvalue weighted by Crippen LogP contribution is 2.43. The molecule has 0 radical (unpaired) electrons. The third kappa shape index (κ3) is 3.63. The molecule has 4 nitrogen and oxygen atoms in total. The molecule has 0 fully saturated rings. The number of rotatable bonds is 3. The molecule has 0 spiro atoms. The third-order valence-electron chi connectivity index (χ3n) is 9.98. The van der Waals surface area contributed by atoms with Gasteiger partial charge in [0.25, 0.3) is 0 Å². The quantitative estimate of drug-likeness (QED) is 0.185. The molecule has 4 heterocycles. The molecule has 0 saturated heterocycles. The van der Waals surface area contributed by atoms with E-state index in [-0.39, 0.29) is 0 Å². The van der Waals surface area contributed by atoms with E-state index in [0.29, 0.717) is 0 Å². The maximum Gasteiger partial charge on any atom is 0.159 e. The zero-order valence-corrected chi connectivity index (χ0v) is 27.0. The van der Waals surface area contributed by atoms with Crippen LogP contribution in [0.4, 0.5) is 0 Å². The lowest BCUT2D eigenvalue weighted by Crippen LogP contribution is -2.50. The molecule has 0 aliphatic carbocycles. The van der Waals surface area contributed by atoms with Crippen molar-refractivity contribution in [3.05, 3.63) is 140 Å². The van der Waals surface area contributed by atoms with Crippen LogP contribution < -0.4 is 10.5 Å². The van der Waals surface area contributed by atoms with Crippen LogP contribution >= 0.6 is 0 Å². The van der Waals surface area contributed by atoms with E-state index in [2.05, 4.69) is 145 Å². The first-order valence-corrected chi connectivity index (χ1v) is 19.1. The number of aromatic nitrogens is 3. The molecule has 0 amide bonds. The molecule has 6 aromatic carbocycles. The van der Waals surface area contributed by atoms with Gasteiger partial charge in [0.2, 0.25) is 0 Å². The van der Waals surface area contributed by atoms with Crippen LogP contribution in [0.2, 0.25) is 13.1 Å². The first kappa shape index (κ1) is 26.4. The maximum absolute atomic E-state index is 6.60. The molecule has 0 N–H and O–H groups in total. The second-order valence-corrected chi connectivity index (χ2v) is 17.2. The van der Waals surface area contributed by atoms with E-state index < -0.39 is 8.07 Å². The Bertz CT molecular complexity index is 2720. The van der Waals surface area contributed by atoms with Crippen molar-refractivity contribution in [2.45, 2.75) is 13.1 Å². The second kappa shape index (κ2) is 9.61. The molecule has 3 aromatic heterocycles. The van der Waals surface area contributed by atoms with Crippen molar-refractivity contribution in [3.8, 4) is 39.5 Å². The van der Waals surface area contributed by atoms with Gasteiger partial charge in [-0.2, -0.15) is 0 Å². The number of hydrogen-bond acceptors (Lipinski definition) is 3. The summed E-state index contributed by atoms with van der Waals surface area (Å²) in [5.74, 6) is 0.772. The maximum atomic E-state index is 6.60. The lowest BCUT2D eigenvalue weighted by atomic mass is 9.99. The number of hydrogen-bond donors (Lipinski definition) is 0. The lowest BCUT2D eigenvalue weighted by Gasteiger charge is -2.20. The van der Waals surface area contributed by atoms with Crippen LogP contribution in [-0.2, 0) is 0 Å². The fourth-order valence-electron chi connectivity index (χ4n) is 7.82. The van der Waals surface area contributed by atoms with Crippen LogP contribution in [0.3, 0.4) is 0 Å². The standard InChI is InChI=1S/C42H29N3OSi/c1-47(2)36-23-13-9-19-31(36)38-39(43-41(44-42(38)47)26-14-4-3-5-15-26)30-18-7-11-21-33(30)45-32-20-10-6-17-29(32)37-34(45)25-24-28-27-16-8-12-22-35(27)46-40(28)37/h3-25H,1-2H3. The molecule has 0 saturated carbocycles. The van der Waals surface area contributed by atoms with E-state index in [1.807, 2.05) is 12.1 Å². The average molecular weight is 620 g/mol. The SMILES string of the molecule is C[Si]1(C)c2ccccc2-c2c(-c3ccccc3-n3c4ccccc4c4c5oc6ccccc6c5ccc43)nc(-c3ccccc3)nc21. The van der Waals surface area contributed by atoms with Gasteiger partial charge in [-0.1, -0.05) is 122 Å². The van der Waals surface area contributed by atoms with Crippen molar-refractivity contribution < 1.29 is 4.42 Å². The summed E-state index contributed by atoms with van der Waals surface area (Å²) in [6.07, 6.45) is 0. The molecule has 0 unspecified atom stereocenters. The minimum atomic E-state index is -2.10. The van der Waals surface area contributed by atoms with Gasteiger partial charge in [0.05, 0.1) is 27.8 Å². The van der Waals surface area contributed by atoms with E-state index in [4.69, 9.17) is 14.4 Å². The van der Waals surface area contributed by atoms with Gasteiger partial charge in [-0.25, -0.2) is 9.97 Å². The summed E-state index contributed by atoms with van der Waals surface area (Å²) in [6, 6.07) is 49.4. The zero-order valence-electron chi connectivity index (χ0n) is 26.0. The Morgan fingerprint density at radius 2 is 1.28 bits per heavy atom. The van der Waals surface area contributed by atoms with Crippen molar-refractivity contribution in [1.82, 2.24) is 14.5 Å². The Morgan fingerprint density at radius 3 is 2.15 bits per heavy atom. The summed E-state index contributed by atoms with van der Waals surface area (Å²) in [4.78, 5) is 10.8. The van der Waals surface area contributed by atoms with E-state index in [0.717, 1.165) is 66.7 Å². The Kier molecular flexibility index (Phi) is 5.41. The summed E-state index contributed by atoms with van der Waals surface area (Å²) in [7, 11) is -2.10. The van der Waals surface area contributed by atoms with Gasteiger partial charge in [0.15, 0.2) is 5.82 Å². The smallest absolute Gasteiger partial charge is 0.159 e. The van der Waals surface area contributed by atoms with Crippen molar-refractivity contribution in [2.75, 3.05) is 0 Å². The Morgan fingerprint density at radius 1 is 0.574 bits per heavy atom. The fraction of sp³-hybridized carbons (Fsp3) is 0.0476. The van der Waals surface area contributed by atoms with Crippen LogP contribution in [0.25, 0.3) is 83.2 Å². The van der Waals surface area contributed by atoms with Gasteiger partial charge in [-0.3, -0.25) is 0 Å². The van der Waals surface area contributed by atoms with E-state index in [1.54, 1.807) is 0 Å². The number of furan rings is 1. The molecule has 1 aliphatic heterocycles. The molecular weight excluding hydrogens is 591 g/mol. The Labute approximate surface area is 272 Å². The lowest BCUT2D eigenvalue weighted by molar-refractivity contribution is 0.673. The van der Waals surface area contributed by atoms with Crippen LogP contribution in [0.15, 0.2) is 144 Å². The molecular formula is C42H29N3OSi. The van der Waals surface area contributed by atoms with Crippen molar-refractivity contribution >= 4 is 62.3 Å². The molecule has 9 aromatic rings. The predicted octanol–water partition coefficient (Wildman–Crippen LogP) is 9.61. The Balaban J connectivity index is 1.32. The first-order chi connectivity index (χ1) is 23.1. The van der Waals surface area contributed by atoms with Crippen LogP contribution in [-0.4, -0.2) is 22.6 Å². The number of para-hydroxylation sites is 3. The highest BCUT2D eigenvalue weighted by Gasteiger charge is 2.41. The molecule has 222 valence electrons. The molecule has 5 heteroatoms. The largest absolute Gasteiger partial charge is 0.455 e. The minimum Gasteiger partial charge on any atom is -0.455 e. The van der Waals surface area contributed by atoms with Gasteiger partial charge >= 0.3 is 0 Å². The van der Waals surface area contributed by atoms with Gasteiger partial charge in [0, 0.05) is 38.2 Å². The highest BCUT2D eigenvalue weighted by molar-refractivity contribution is 7.03. The summed E-state index contributed by atoms with van der Waals surface area (Å²) in [6.45, 7) is 4.83. The van der Waals surface area contributed by atoms with Gasteiger partial charge in [-0.05, 0) is 41.1 Å². The van der Waals surface area contributed by atoms with Crippen LogP contribution in [0.5, 0.6) is 0 Å². The molecule has 0 atom stereocenters. The highest BCUT2D eigenvalue weighted by atomic mass is 28.3. The van der Waals surface area contributed by atoms with Gasteiger partial charge < -0.3 is 8.98 Å². The molecule has 47 heavy (non-hydrogen) atoms. The number of benzene rings is 6. The molecule has 0 bridgehead atoms. The molecule has 10 rings (SSSR count). The topological polar surface area (TPSA) is 43.9 Å². The second-order valence-electron chi connectivity index (χ2n) is 13.0. The van der Waals surface area contributed by atoms with E-state index in [9.17, 15) is 0 Å². The minimum absolute atomic E-state index is 0.772. The van der Waals surface area contributed by atoms with Crippen LogP contribution in [0, 0.1) is 0 Å². The monoisotopic (exact) mass is 619 g/mol. The van der Waals surface area contributed by atoms with E-state index >= 15 is 0 Å². The van der Waals surface area contributed by atoms with Crippen molar-refractivity contribution in [3.63, 3.8) is 0 Å². The van der Waals surface area contributed by atoms with E-state index in [1.165, 1.54) is 27.0 Å². The summed E-state index contributed by atoms with van der Waals surface area (Å²) in [5.41, 5.74) is 10.7. The van der Waals surface area contributed by atoms with Gasteiger partial charge in [0.1, 0.15) is 19.2 Å².